The van der Waals surface area contributed by atoms with Crippen LogP contribution in [-0.4, -0.2) is 18.0 Å². The summed E-state index contributed by atoms with van der Waals surface area (Å²) in [6.07, 6.45) is 4.84. The Morgan fingerprint density at radius 3 is 2.67 bits per heavy atom. The van der Waals surface area contributed by atoms with E-state index in [-0.39, 0.29) is 5.54 Å². The van der Waals surface area contributed by atoms with Gasteiger partial charge in [0.2, 0.25) is 0 Å². The van der Waals surface area contributed by atoms with Gasteiger partial charge in [0.1, 0.15) is 0 Å². The highest BCUT2D eigenvalue weighted by Crippen LogP contribution is 2.43. The quantitative estimate of drug-likeness (QED) is 0.895. The van der Waals surface area contributed by atoms with Crippen molar-refractivity contribution in [3.63, 3.8) is 0 Å². The molecule has 1 aliphatic heterocycles. The Hall–Kier alpha value is -1.22. The van der Waals surface area contributed by atoms with E-state index >= 15 is 0 Å². The first kappa shape index (κ1) is 14.7. The number of nitrogens with zero attached hydrogens (tertiary/aromatic N) is 2. The molecule has 3 nitrogen and oxygen atoms in total. The second-order valence-corrected chi connectivity index (χ2v) is 7.23. The van der Waals surface area contributed by atoms with Gasteiger partial charge in [-0.1, -0.05) is 31.5 Å². The first-order chi connectivity index (χ1) is 10.0. The van der Waals surface area contributed by atoms with E-state index in [0.717, 1.165) is 41.9 Å². The molecule has 114 valence electrons. The van der Waals surface area contributed by atoms with Gasteiger partial charge in [-0.3, -0.25) is 4.99 Å². The fourth-order valence-electron chi connectivity index (χ4n) is 3.86. The predicted octanol–water partition coefficient (Wildman–Crippen LogP) is 4.06. The smallest absolute Gasteiger partial charge is 0.196 e. The molecule has 1 aromatic carbocycles. The van der Waals surface area contributed by atoms with E-state index in [4.69, 9.17) is 17.3 Å². The molecule has 1 heterocycles. The van der Waals surface area contributed by atoms with Crippen LogP contribution in [0.5, 0.6) is 0 Å². The highest BCUT2D eigenvalue weighted by molar-refractivity contribution is 6.31. The van der Waals surface area contributed by atoms with Crippen molar-refractivity contribution in [3.8, 4) is 0 Å². The Morgan fingerprint density at radius 1 is 1.33 bits per heavy atom. The lowest BCUT2D eigenvalue weighted by atomic mass is 9.72. The zero-order valence-electron chi connectivity index (χ0n) is 12.8. The molecule has 0 atom stereocenters. The second kappa shape index (κ2) is 5.53. The van der Waals surface area contributed by atoms with Gasteiger partial charge in [0, 0.05) is 10.7 Å². The summed E-state index contributed by atoms with van der Waals surface area (Å²) in [5.41, 5.74) is 7.34. The lowest BCUT2D eigenvalue weighted by Gasteiger charge is -2.45. The molecular weight excluding hydrogens is 282 g/mol. The third kappa shape index (κ3) is 2.64. The summed E-state index contributed by atoms with van der Waals surface area (Å²) in [5, 5.41) is 0.748. The van der Waals surface area contributed by atoms with Gasteiger partial charge in [0.15, 0.2) is 5.96 Å². The van der Waals surface area contributed by atoms with Crippen LogP contribution in [0.15, 0.2) is 29.3 Å². The van der Waals surface area contributed by atoms with E-state index in [1.165, 1.54) is 12.8 Å². The van der Waals surface area contributed by atoms with Gasteiger partial charge in [0.25, 0.3) is 0 Å². The maximum atomic E-state index is 6.19. The Labute approximate surface area is 132 Å². The van der Waals surface area contributed by atoms with Crippen LogP contribution in [0, 0.1) is 11.8 Å². The number of hydrogen-bond donors (Lipinski definition) is 1. The molecule has 1 saturated carbocycles. The summed E-state index contributed by atoms with van der Waals surface area (Å²) >= 11 is 6.16. The third-order valence-electron chi connectivity index (χ3n) is 5.21. The van der Waals surface area contributed by atoms with E-state index in [1.807, 2.05) is 18.2 Å². The molecule has 1 fully saturated rings. The minimum atomic E-state index is 0.0696. The van der Waals surface area contributed by atoms with E-state index in [1.54, 1.807) is 0 Å². The highest BCUT2D eigenvalue weighted by atomic mass is 35.5. The minimum absolute atomic E-state index is 0.0696. The zero-order valence-corrected chi connectivity index (χ0v) is 13.6. The van der Waals surface area contributed by atoms with Crippen LogP contribution in [0.25, 0.3) is 0 Å². The summed E-state index contributed by atoms with van der Waals surface area (Å²) in [4.78, 5) is 6.78. The molecule has 0 amide bonds. The van der Waals surface area contributed by atoms with Crippen molar-refractivity contribution in [1.82, 2.24) is 0 Å². The topological polar surface area (TPSA) is 41.6 Å². The second-order valence-electron chi connectivity index (χ2n) is 6.80. The van der Waals surface area contributed by atoms with Gasteiger partial charge < -0.3 is 10.6 Å². The van der Waals surface area contributed by atoms with Crippen molar-refractivity contribution >= 4 is 23.2 Å². The zero-order chi connectivity index (χ0) is 15.0. The monoisotopic (exact) mass is 305 g/mol. The molecule has 2 aliphatic rings. The molecule has 1 spiro atoms. The standard InChI is InChI=1S/C17H24ClN3/c1-12(2)13-6-8-17(9-7-13)11-20-16(19)21(17)15-5-3-4-14(18)10-15/h3-5,10,12-13H,6-9,11H2,1-2H3,(H2,19,20). The maximum Gasteiger partial charge on any atom is 0.196 e. The average Bonchev–Trinajstić information content (AvgIpc) is 2.76. The third-order valence-corrected chi connectivity index (χ3v) is 5.44. The van der Waals surface area contributed by atoms with Gasteiger partial charge in [0.05, 0.1) is 12.1 Å². The number of nitrogens with two attached hydrogens (primary N) is 1. The number of halogens is 1. The highest BCUT2D eigenvalue weighted by Gasteiger charge is 2.45. The number of aliphatic imine (C=N–C) groups is 1. The molecule has 0 radical (unpaired) electrons. The predicted molar refractivity (Wildman–Crippen MR) is 89.9 cm³/mol. The van der Waals surface area contributed by atoms with Crippen molar-refractivity contribution in [2.45, 2.75) is 45.1 Å². The molecule has 1 aliphatic carbocycles. The number of rotatable bonds is 2. The Balaban J connectivity index is 1.86. The molecule has 1 aromatic rings. The molecule has 21 heavy (non-hydrogen) atoms. The average molecular weight is 306 g/mol. The molecule has 0 unspecified atom stereocenters. The van der Waals surface area contributed by atoms with Crippen molar-refractivity contribution in [2.75, 3.05) is 11.4 Å². The lowest BCUT2D eigenvalue weighted by Crippen LogP contribution is -2.54. The van der Waals surface area contributed by atoms with Crippen molar-refractivity contribution in [1.29, 1.82) is 0 Å². The lowest BCUT2D eigenvalue weighted by molar-refractivity contribution is 0.207. The Kier molecular flexibility index (Phi) is 3.87. The molecule has 0 bridgehead atoms. The normalized spacial score (nSPS) is 29.2. The van der Waals surface area contributed by atoms with Crippen LogP contribution in [0.1, 0.15) is 39.5 Å². The maximum absolute atomic E-state index is 6.19. The number of hydrogen-bond acceptors (Lipinski definition) is 3. The summed E-state index contributed by atoms with van der Waals surface area (Å²) in [6.45, 7) is 5.48. The molecule has 0 aromatic heterocycles. The molecular formula is C17H24ClN3. The number of anilines is 1. The van der Waals surface area contributed by atoms with E-state index in [9.17, 15) is 0 Å². The van der Waals surface area contributed by atoms with Crippen LogP contribution in [0.4, 0.5) is 5.69 Å². The molecule has 3 rings (SSSR count). The first-order valence-electron chi connectivity index (χ1n) is 7.87. The van der Waals surface area contributed by atoms with Gasteiger partial charge >= 0.3 is 0 Å². The number of guanidine groups is 1. The molecule has 4 heteroatoms. The van der Waals surface area contributed by atoms with Crippen molar-refractivity contribution < 1.29 is 0 Å². The number of benzene rings is 1. The van der Waals surface area contributed by atoms with Gasteiger partial charge in [-0.15, -0.1) is 0 Å². The SMILES string of the molecule is CC(C)C1CCC2(CC1)CN=C(N)N2c1cccc(Cl)c1. The summed E-state index contributed by atoms with van der Waals surface area (Å²) in [6, 6.07) is 7.95. The van der Waals surface area contributed by atoms with Crippen molar-refractivity contribution in [3.05, 3.63) is 29.3 Å². The summed E-state index contributed by atoms with van der Waals surface area (Å²) in [7, 11) is 0. The fraction of sp³-hybridized carbons (Fsp3) is 0.588. The Bertz CT molecular complexity index is 545. The summed E-state index contributed by atoms with van der Waals surface area (Å²) in [5.74, 6) is 2.24. The van der Waals surface area contributed by atoms with Crippen LogP contribution in [0.3, 0.4) is 0 Å². The van der Waals surface area contributed by atoms with E-state index < -0.39 is 0 Å². The van der Waals surface area contributed by atoms with Crippen LogP contribution >= 0.6 is 11.6 Å². The molecule has 2 N–H and O–H groups in total. The summed E-state index contributed by atoms with van der Waals surface area (Å²) < 4.78 is 0. The van der Waals surface area contributed by atoms with Gasteiger partial charge in [-0.25, -0.2) is 0 Å². The van der Waals surface area contributed by atoms with Gasteiger partial charge in [-0.2, -0.15) is 0 Å². The first-order valence-corrected chi connectivity index (χ1v) is 8.25. The minimum Gasteiger partial charge on any atom is -0.369 e. The fourth-order valence-corrected chi connectivity index (χ4v) is 4.04. The van der Waals surface area contributed by atoms with Crippen LogP contribution in [0.2, 0.25) is 5.02 Å². The Morgan fingerprint density at radius 2 is 2.05 bits per heavy atom. The van der Waals surface area contributed by atoms with Gasteiger partial charge in [-0.05, 0) is 55.7 Å². The van der Waals surface area contributed by atoms with E-state index in [2.05, 4.69) is 29.8 Å². The van der Waals surface area contributed by atoms with Crippen LogP contribution in [-0.2, 0) is 0 Å². The van der Waals surface area contributed by atoms with Crippen molar-refractivity contribution in [2.24, 2.45) is 22.6 Å². The molecule has 0 saturated heterocycles. The van der Waals surface area contributed by atoms with E-state index in [0.29, 0.717) is 5.96 Å². The largest absolute Gasteiger partial charge is 0.369 e. The van der Waals surface area contributed by atoms with Crippen LogP contribution < -0.4 is 10.6 Å².